The van der Waals surface area contributed by atoms with Gasteiger partial charge in [0.2, 0.25) is 0 Å². The van der Waals surface area contributed by atoms with Crippen molar-refractivity contribution in [3.05, 3.63) is 177 Å². The standard InChI is InChI=1S/C50H50N4O4/c1-35-3-15-47-43(19-35)27-51(31-55-47)23-37-5-9-39(10-6-37)25-53-29-45-21-41(13-17-49(45)57-33-53)42-14-18-50-46(22-42)30-54(34-58-50)26-40-11-7-38(8-12-40)24-52-28-44-20-36(2)4-16-48(44)56-32-52/h3-22H,23-34H2,1-2H3. The summed E-state index contributed by atoms with van der Waals surface area (Å²) in [6, 6.07) is 44.1. The summed E-state index contributed by atoms with van der Waals surface area (Å²) in [4.78, 5) is 9.43. The van der Waals surface area contributed by atoms with E-state index in [1.54, 1.807) is 0 Å². The summed E-state index contributed by atoms with van der Waals surface area (Å²) in [5.74, 6) is 3.96. The Hall–Kier alpha value is -5.64. The van der Waals surface area contributed by atoms with Crippen LogP contribution in [-0.4, -0.2) is 46.5 Å². The summed E-state index contributed by atoms with van der Waals surface area (Å²) in [5, 5.41) is 0. The van der Waals surface area contributed by atoms with Crippen molar-refractivity contribution >= 4 is 0 Å². The van der Waals surface area contributed by atoms with E-state index in [-0.39, 0.29) is 0 Å². The van der Waals surface area contributed by atoms with Crippen LogP contribution >= 0.6 is 0 Å². The average molecular weight is 771 g/mol. The molecular formula is C50H50N4O4. The van der Waals surface area contributed by atoms with Gasteiger partial charge in [0, 0.05) is 74.6 Å². The van der Waals surface area contributed by atoms with Crippen LogP contribution in [0.1, 0.15) is 55.6 Å². The van der Waals surface area contributed by atoms with Gasteiger partial charge in [0.05, 0.1) is 0 Å². The van der Waals surface area contributed by atoms with E-state index in [4.69, 9.17) is 18.9 Å². The van der Waals surface area contributed by atoms with Gasteiger partial charge in [0.1, 0.15) is 49.9 Å². The van der Waals surface area contributed by atoms with Gasteiger partial charge in [0.25, 0.3) is 0 Å². The number of rotatable bonds is 9. The number of benzene rings is 6. The quantitative estimate of drug-likeness (QED) is 0.144. The van der Waals surface area contributed by atoms with Crippen LogP contribution in [0.3, 0.4) is 0 Å². The van der Waals surface area contributed by atoms with Crippen LogP contribution in [0.4, 0.5) is 0 Å². The fourth-order valence-corrected chi connectivity index (χ4v) is 8.72. The lowest BCUT2D eigenvalue weighted by molar-refractivity contribution is 0.0877. The van der Waals surface area contributed by atoms with Crippen molar-refractivity contribution in [1.29, 1.82) is 0 Å². The third-order valence-electron chi connectivity index (χ3n) is 11.7. The minimum Gasteiger partial charge on any atom is -0.478 e. The molecule has 0 bridgehead atoms. The number of hydrogen-bond donors (Lipinski definition) is 0. The Labute approximate surface area is 341 Å². The Bertz CT molecular complexity index is 2260. The van der Waals surface area contributed by atoms with Gasteiger partial charge in [-0.1, -0.05) is 96.1 Å². The Morgan fingerprint density at radius 1 is 0.345 bits per heavy atom. The third kappa shape index (κ3) is 8.20. The summed E-state index contributed by atoms with van der Waals surface area (Å²) in [5.41, 5.74) is 15.0. The van der Waals surface area contributed by atoms with E-state index in [0.717, 1.165) is 75.4 Å². The largest absolute Gasteiger partial charge is 0.478 e. The molecule has 0 atom stereocenters. The number of fused-ring (bicyclic) bond motifs is 4. The van der Waals surface area contributed by atoms with Crippen molar-refractivity contribution in [2.75, 3.05) is 26.9 Å². The van der Waals surface area contributed by atoms with Gasteiger partial charge in [-0.2, -0.15) is 0 Å². The number of hydrogen-bond acceptors (Lipinski definition) is 8. The lowest BCUT2D eigenvalue weighted by Gasteiger charge is -2.30. The molecule has 294 valence electrons. The SMILES string of the molecule is Cc1ccc2c(c1)CN(Cc1ccc(CN3COc4ccc(-c5ccc6c(c5)CN(Cc5ccc(CN7COc8ccc(C)cc8C7)cc5)CO6)cc4C3)cc1)CO2. The number of ether oxygens (including phenoxy) is 4. The van der Waals surface area contributed by atoms with E-state index in [1.165, 1.54) is 66.8 Å². The number of aryl methyl sites for hydroxylation is 2. The molecule has 0 N–H and O–H groups in total. The smallest absolute Gasteiger partial charge is 0.142 e. The van der Waals surface area contributed by atoms with Crippen molar-refractivity contribution in [1.82, 2.24) is 19.6 Å². The van der Waals surface area contributed by atoms with Crippen molar-refractivity contribution in [3.8, 4) is 34.1 Å². The monoisotopic (exact) mass is 770 g/mol. The molecule has 0 aromatic heterocycles. The van der Waals surface area contributed by atoms with Gasteiger partial charge in [0.15, 0.2) is 0 Å². The Morgan fingerprint density at radius 3 is 0.931 bits per heavy atom. The van der Waals surface area contributed by atoms with E-state index in [2.05, 4.69) is 155 Å². The molecule has 4 heterocycles. The van der Waals surface area contributed by atoms with Crippen molar-refractivity contribution in [3.63, 3.8) is 0 Å². The fourth-order valence-electron chi connectivity index (χ4n) is 8.72. The summed E-state index contributed by atoms with van der Waals surface area (Å²) in [6.45, 7) is 13.6. The van der Waals surface area contributed by atoms with Gasteiger partial charge >= 0.3 is 0 Å². The lowest BCUT2D eigenvalue weighted by Crippen LogP contribution is -2.32. The van der Waals surface area contributed by atoms with Gasteiger partial charge in [-0.3, -0.25) is 19.6 Å². The highest BCUT2D eigenvalue weighted by molar-refractivity contribution is 5.68. The van der Waals surface area contributed by atoms with E-state index in [9.17, 15) is 0 Å². The highest BCUT2D eigenvalue weighted by Gasteiger charge is 2.23. The predicted octanol–water partition coefficient (Wildman–Crippen LogP) is 9.38. The zero-order chi connectivity index (χ0) is 39.0. The molecule has 0 radical (unpaired) electrons. The van der Waals surface area contributed by atoms with E-state index in [0.29, 0.717) is 26.9 Å². The molecule has 58 heavy (non-hydrogen) atoms. The van der Waals surface area contributed by atoms with Crippen molar-refractivity contribution in [2.45, 2.75) is 66.2 Å². The molecule has 0 saturated heterocycles. The summed E-state index contributed by atoms with van der Waals surface area (Å²) >= 11 is 0. The minimum atomic E-state index is 0.578. The van der Waals surface area contributed by atoms with E-state index < -0.39 is 0 Å². The first-order valence-electron chi connectivity index (χ1n) is 20.4. The average Bonchev–Trinajstić information content (AvgIpc) is 3.24. The van der Waals surface area contributed by atoms with Crippen LogP contribution in [0, 0.1) is 13.8 Å². The van der Waals surface area contributed by atoms with Crippen molar-refractivity contribution < 1.29 is 18.9 Å². The van der Waals surface area contributed by atoms with Crippen LogP contribution in [0.25, 0.3) is 11.1 Å². The molecule has 6 aromatic carbocycles. The second kappa shape index (κ2) is 16.0. The molecule has 0 unspecified atom stereocenters. The van der Waals surface area contributed by atoms with Gasteiger partial charge in [-0.15, -0.1) is 0 Å². The fraction of sp³-hybridized carbons (Fsp3) is 0.280. The van der Waals surface area contributed by atoms with E-state index >= 15 is 0 Å². The Kier molecular flexibility index (Phi) is 10.1. The zero-order valence-corrected chi connectivity index (χ0v) is 33.5. The maximum Gasteiger partial charge on any atom is 0.142 e. The minimum absolute atomic E-state index is 0.578. The summed E-state index contributed by atoms with van der Waals surface area (Å²) < 4.78 is 24.6. The molecule has 8 nitrogen and oxygen atoms in total. The van der Waals surface area contributed by atoms with Crippen LogP contribution in [0.15, 0.2) is 121 Å². The highest BCUT2D eigenvalue weighted by atomic mass is 16.5. The van der Waals surface area contributed by atoms with Gasteiger partial charge < -0.3 is 18.9 Å². The molecule has 0 saturated carbocycles. The third-order valence-corrected chi connectivity index (χ3v) is 11.7. The number of nitrogens with zero attached hydrogens (tertiary/aromatic N) is 4. The van der Waals surface area contributed by atoms with E-state index in [1.807, 2.05) is 0 Å². The predicted molar refractivity (Wildman–Crippen MR) is 226 cm³/mol. The highest BCUT2D eigenvalue weighted by Crippen LogP contribution is 2.35. The van der Waals surface area contributed by atoms with Crippen LogP contribution in [0.2, 0.25) is 0 Å². The van der Waals surface area contributed by atoms with Gasteiger partial charge in [-0.25, -0.2) is 0 Å². The molecule has 0 fully saturated rings. The van der Waals surface area contributed by atoms with Crippen molar-refractivity contribution in [2.24, 2.45) is 0 Å². The first kappa shape index (κ1) is 36.7. The second-order valence-corrected chi connectivity index (χ2v) is 16.5. The Morgan fingerprint density at radius 2 is 0.621 bits per heavy atom. The maximum absolute atomic E-state index is 6.25. The molecule has 10 rings (SSSR count). The first-order valence-corrected chi connectivity index (χ1v) is 20.4. The van der Waals surface area contributed by atoms with Crippen LogP contribution in [-0.2, 0) is 52.4 Å². The zero-order valence-electron chi connectivity index (χ0n) is 33.5. The molecule has 4 aliphatic heterocycles. The van der Waals surface area contributed by atoms with Gasteiger partial charge in [-0.05, 0) is 83.6 Å². The Balaban J connectivity index is 0.737. The molecule has 8 heteroatoms. The molecule has 0 spiro atoms. The van der Waals surface area contributed by atoms with Crippen LogP contribution < -0.4 is 18.9 Å². The molecule has 6 aromatic rings. The normalized spacial score (nSPS) is 16.8. The summed E-state index contributed by atoms with van der Waals surface area (Å²) in [6.07, 6.45) is 0. The topological polar surface area (TPSA) is 49.9 Å². The molecular weight excluding hydrogens is 721 g/mol. The maximum atomic E-state index is 6.25. The lowest BCUT2D eigenvalue weighted by atomic mass is 9.98. The first-order chi connectivity index (χ1) is 28.4. The second-order valence-electron chi connectivity index (χ2n) is 16.5. The molecule has 0 amide bonds. The molecule has 4 aliphatic rings. The molecule has 0 aliphatic carbocycles. The van der Waals surface area contributed by atoms with Crippen LogP contribution in [0.5, 0.6) is 23.0 Å². The summed E-state index contributed by atoms with van der Waals surface area (Å²) in [7, 11) is 0.